The lowest BCUT2D eigenvalue weighted by atomic mass is 10.9. The maximum atomic E-state index is 9.97. The van der Waals surface area contributed by atoms with Gasteiger partial charge >= 0.3 is 0 Å². The Balaban J connectivity index is 0. The summed E-state index contributed by atoms with van der Waals surface area (Å²) in [4.78, 5) is 9.45. The Labute approximate surface area is 92.6 Å². The van der Waals surface area contributed by atoms with Gasteiger partial charge in [0.05, 0.1) is 5.88 Å². The van der Waals surface area contributed by atoms with Gasteiger partial charge in [-0.05, 0) is 11.6 Å². The summed E-state index contributed by atoms with van der Waals surface area (Å²) in [6.07, 6.45) is 0. The van der Waals surface area contributed by atoms with Crippen LogP contribution < -0.4 is 0 Å². The molecule has 0 spiro atoms. The molecule has 0 fully saturated rings. The molecule has 62 valence electrons. The molecule has 8 heteroatoms. The first-order valence-corrected chi connectivity index (χ1v) is 10.4. The van der Waals surface area contributed by atoms with Crippen molar-refractivity contribution in [2.24, 2.45) is 0 Å². The minimum Gasteiger partial charge on any atom is -0.287 e. The largest absolute Gasteiger partial charge is 0.287 e. The van der Waals surface area contributed by atoms with Crippen LogP contribution in [0.1, 0.15) is 0 Å². The minimum atomic E-state index is -2.20. The Morgan fingerprint density at radius 3 is 1.50 bits per heavy atom. The Hall–Kier alpha value is 1.92. The van der Waals surface area contributed by atoms with E-state index < -0.39 is 8.49 Å². The molecule has 0 saturated heterocycles. The maximum absolute atomic E-state index is 9.97. The molecule has 0 radical (unpaired) electrons. The molecule has 0 aliphatic rings. The zero-order chi connectivity index (χ0) is 8.78. The molecule has 0 atom stereocenters. The fourth-order valence-corrected chi connectivity index (χ4v) is 0. The molecule has 0 N–H and O–H groups in total. The number of hydrogen-bond donors (Lipinski definition) is 0. The van der Waals surface area contributed by atoms with Gasteiger partial charge < -0.3 is 0 Å². The van der Waals surface area contributed by atoms with Crippen LogP contribution in [-0.2, 0) is 9.36 Å². The highest BCUT2D eigenvalue weighted by molar-refractivity contribution is 9.94. The smallest absolute Gasteiger partial charge is 0.268 e. The van der Waals surface area contributed by atoms with E-state index in [2.05, 4.69) is 46.5 Å². The number of rotatable bonds is 1. The summed E-state index contributed by atoms with van der Waals surface area (Å²) in [6, 6.07) is 0. The van der Waals surface area contributed by atoms with Gasteiger partial charge in [-0.3, -0.25) is 9.36 Å². The summed E-state index contributed by atoms with van der Waals surface area (Å²) in [7, 11) is 0. The zero-order valence-electron chi connectivity index (χ0n) is 4.36. The highest BCUT2D eigenvalue weighted by Crippen LogP contribution is 2.68. The molecule has 0 saturated carbocycles. The standard InChI is InChI=1S/C2H2Cl2O.Br3OP/c3-1-2(4)5;1-5(2,3)4/h1H2;. The van der Waals surface area contributed by atoms with Crippen molar-refractivity contribution in [3.8, 4) is 0 Å². The van der Waals surface area contributed by atoms with Crippen LogP contribution in [0.5, 0.6) is 0 Å². The van der Waals surface area contributed by atoms with Gasteiger partial charge in [0.2, 0.25) is 5.24 Å². The van der Waals surface area contributed by atoms with Crippen LogP contribution in [0, 0.1) is 0 Å². The molecular weight excluding hydrogens is 398 g/mol. The summed E-state index contributed by atoms with van der Waals surface area (Å²) in [5.74, 6) is -0.0957. The SMILES string of the molecule is O=C(Cl)CCl.O=P(Br)(Br)Br. The van der Waals surface area contributed by atoms with E-state index in [1.54, 1.807) is 0 Å². The Bertz CT molecular complexity index is 137. The zero-order valence-corrected chi connectivity index (χ0v) is 11.5. The molecule has 0 heterocycles. The summed E-state index contributed by atoms with van der Waals surface area (Å²) in [5, 5.41) is -0.508. The summed E-state index contributed by atoms with van der Waals surface area (Å²) < 4.78 is 7.76. The predicted molar refractivity (Wildman–Crippen MR) is 56.0 cm³/mol. The van der Waals surface area contributed by atoms with E-state index in [1.165, 1.54) is 0 Å². The van der Waals surface area contributed by atoms with E-state index in [4.69, 9.17) is 23.2 Å². The second-order valence-corrected chi connectivity index (χ2v) is 19.9. The number of hydrogen-bond acceptors (Lipinski definition) is 2. The molecule has 0 aromatic heterocycles. The highest BCUT2D eigenvalue weighted by atomic mass is 80.0. The number of halogens is 5. The van der Waals surface area contributed by atoms with Crippen molar-refractivity contribution < 1.29 is 9.36 Å². The van der Waals surface area contributed by atoms with Crippen LogP contribution >= 0.6 is 72.9 Å². The van der Waals surface area contributed by atoms with Crippen molar-refractivity contribution in [1.82, 2.24) is 0 Å². The monoisotopic (exact) mass is 396 g/mol. The molecule has 0 aliphatic heterocycles. The van der Waals surface area contributed by atoms with Gasteiger partial charge in [-0.1, -0.05) is 0 Å². The molecule has 0 unspecified atom stereocenters. The first-order valence-electron chi connectivity index (χ1n) is 1.70. The lowest BCUT2D eigenvalue weighted by molar-refractivity contribution is -0.109. The van der Waals surface area contributed by atoms with Crippen LogP contribution in [-0.4, -0.2) is 11.1 Å². The lowest BCUT2D eigenvalue weighted by Crippen LogP contribution is -1.81. The fourth-order valence-electron chi connectivity index (χ4n) is 0. The topological polar surface area (TPSA) is 34.1 Å². The first kappa shape index (κ1) is 14.4. The maximum Gasteiger partial charge on any atom is 0.268 e. The fraction of sp³-hybridized carbons (Fsp3) is 0.500. The van der Waals surface area contributed by atoms with Gasteiger partial charge in [0.25, 0.3) is 3.25 Å². The average Bonchev–Trinajstić information content (AvgIpc) is 1.61. The van der Waals surface area contributed by atoms with Crippen molar-refractivity contribution >= 4 is 78.2 Å². The Morgan fingerprint density at radius 1 is 1.40 bits per heavy atom. The van der Waals surface area contributed by atoms with Crippen molar-refractivity contribution in [3.05, 3.63) is 0 Å². The third-order valence-corrected chi connectivity index (χ3v) is 0.618. The molecule has 0 aromatic rings. The van der Waals surface area contributed by atoms with E-state index in [0.717, 1.165) is 0 Å². The number of carbonyl (C=O) groups excluding carboxylic acids is 1. The van der Waals surface area contributed by atoms with Gasteiger partial charge in [0, 0.05) is 46.5 Å². The van der Waals surface area contributed by atoms with Crippen LogP contribution in [0.25, 0.3) is 0 Å². The van der Waals surface area contributed by atoms with Crippen molar-refractivity contribution in [2.45, 2.75) is 0 Å². The van der Waals surface area contributed by atoms with E-state index in [-0.39, 0.29) is 5.88 Å². The number of alkyl halides is 1. The third-order valence-electron chi connectivity index (χ3n) is 0.105. The highest BCUT2D eigenvalue weighted by Gasteiger charge is 2.00. The van der Waals surface area contributed by atoms with Crippen molar-refractivity contribution in [2.75, 3.05) is 5.88 Å². The molecular formula is C2H2Br3Cl2O2P. The Morgan fingerprint density at radius 2 is 1.50 bits per heavy atom. The summed E-state index contributed by atoms with van der Waals surface area (Å²) in [5.41, 5.74) is 0. The van der Waals surface area contributed by atoms with Gasteiger partial charge in [0.15, 0.2) is 0 Å². The second-order valence-electron chi connectivity index (χ2n) is 0.887. The van der Waals surface area contributed by atoms with Gasteiger partial charge in [0.1, 0.15) is 0 Å². The quantitative estimate of drug-likeness (QED) is 0.375. The van der Waals surface area contributed by atoms with Crippen molar-refractivity contribution in [1.29, 1.82) is 0 Å². The average molecular weight is 400 g/mol. The molecule has 0 rings (SSSR count). The lowest BCUT2D eigenvalue weighted by Gasteiger charge is -1.76. The number of carbonyl (C=O) groups is 1. The molecule has 0 amide bonds. The molecule has 2 nitrogen and oxygen atoms in total. The summed E-state index contributed by atoms with van der Waals surface area (Å²) >= 11 is 17.8. The summed E-state index contributed by atoms with van der Waals surface area (Å²) in [6.45, 7) is 0. The normalized spacial score (nSPS) is 9.70. The molecule has 0 aromatic carbocycles. The predicted octanol–water partition coefficient (Wildman–Crippen LogP) is 4.27. The second kappa shape index (κ2) is 7.56. The van der Waals surface area contributed by atoms with Crippen molar-refractivity contribution in [3.63, 3.8) is 0 Å². The first-order chi connectivity index (χ1) is 4.27. The van der Waals surface area contributed by atoms with Crippen LogP contribution in [0.3, 0.4) is 0 Å². The van der Waals surface area contributed by atoms with Gasteiger partial charge in [-0.25, -0.2) is 0 Å². The van der Waals surface area contributed by atoms with Crippen LogP contribution in [0.15, 0.2) is 0 Å². The van der Waals surface area contributed by atoms with Gasteiger partial charge in [-0.2, -0.15) is 0 Å². The molecule has 0 aliphatic carbocycles. The van der Waals surface area contributed by atoms with E-state index >= 15 is 0 Å². The molecule has 0 bridgehead atoms. The Kier molecular flexibility index (Phi) is 10.9. The van der Waals surface area contributed by atoms with Crippen LogP contribution in [0.4, 0.5) is 0 Å². The van der Waals surface area contributed by atoms with Crippen LogP contribution in [0.2, 0.25) is 0 Å². The molecule has 10 heavy (non-hydrogen) atoms. The van der Waals surface area contributed by atoms with Gasteiger partial charge in [-0.15, -0.1) is 11.6 Å². The minimum absolute atomic E-state index is 0.0957. The third kappa shape index (κ3) is 51.4. The van der Waals surface area contributed by atoms with E-state index in [9.17, 15) is 9.36 Å². The van der Waals surface area contributed by atoms with E-state index in [1.807, 2.05) is 0 Å². The van der Waals surface area contributed by atoms with E-state index in [0.29, 0.717) is 0 Å².